The van der Waals surface area contributed by atoms with Crippen molar-refractivity contribution >= 4 is 11.6 Å². The van der Waals surface area contributed by atoms with Gasteiger partial charge in [0.25, 0.3) is 0 Å². The highest BCUT2D eigenvalue weighted by Crippen LogP contribution is 2.41. The van der Waals surface area contributed by atoms with E-state index in [1.54, 1.807) is 13.0 Å². The quantitative estimate of drug-likeness (QED) is 0.659. The minimum atomic E-state index is -0.519. The minimum absolute atomic E-state index is 0.318. The predicted octanol–water partition coefficient (Wildman–Crippen LogP) is 4.74. The fraction of sp³-hybridized carbons (Fsp3) is 0.538. The van der Waals surface area contributed by atoms with Crippen LogP contribution < -0.4 is 0 Å². The van der Waals surface area contributed by atoms with Crippen molar-refractivity contribution in [3.63, 3.8) is 0 Å². The van der Waals surface area contributed by atoms with Gasteiger partial charge in [0.2, 0.25) is 0 Å². The Morgan fingerprint density at radius 3 is 2.44 bits per heavy atom. The molecule has 0 radical (unpaired) electrons. The van der Waals surface area contributed by atoms with E-state index in [4.69, 9.17) is 11.6 Å². The normalized spacial score (nSPS) is 19.0. The molecule has 1 aliphatic carbocycles. The third-order valence-corrected chi connectivity index (χ3v) is 3.98. The van der Waals surface area contributed by atoms with Crippen molar-refractivity contribution in [2.45, 2.75) is 38.0 Å². The third kappa shape index (κ3) is 2.22. The summed E-state index contributed by atoms with van der Waals surface area (Å²) < 4.78 is 26.7. The van der Waals surface area contributed by atoms with Crippen molar-refractivity contribution in [2.24, 2.45) is 5.92 Å². The van der Waals surface area contributed by atoms with Gasteiger partial charge in [0.15, 0.2) is 0 Å². The molecule has 1 aromatic carbocycles. The fourth-order valence-electron chi connectivity index (χ4n) is 2.39. The summed E-state index contributed by atoms with van der Waals surface area (Å²) in [6, 6.07) is 2.48. The summed E-state index contributed by atoms with van der Waals surface area (Å²) in [5.41, 5.74) is 0.910. The molecule has 1 aromatic rings. The van der Waals surface area contributed by atoms with Crippen molar-refractivity contribution in [3.05, 3.63) is 34.9 Å². The molecular weight excluding hydrogens is 230 g/mol. The van der Waals surface area contributed by atoms with E-state index in [9.17, 15) is 8.78 Å². The second-order valence-electron chi connectivity index (χ2n) is 4.57. The highest BCUT2D eigenvalue weighted by molar-refractivity contribution is 6.21. The summed E-state index contributed by atoms with van der Waals surface area (Å²) in [7, 11) is 0. The molecule has 2 rings (SSSR count). The first-order chi connectivity index (χ1) is 7.59. The van der Waals surface area contributed by atoms with Crippen LogP contribution in [-0.2, 0) is 0 Å². The highest BCUT2D eigenvalue weighted by Gasteiger charge is 2.27. The van der Waals surface area contributed by atoms with Crippen molar-refractivity contribution in [1.82, 2.24) is 0 Å². The van der Waals surface area contributed by atoms with Gasteiger partial charge in [-0.2, -0.15) is 0 Å². The molecule has 0 aromatic heterocycles. The lowest BCUT2D eigenvalue weighted by atomic mass is 9.95. The molecule has 3 heteroatoms. The molecule has 0 N–H and O–H groups in total. The number of halogens is 3. The van der Waals surface area contributed by atoms with E-state index in [-0.39, 0.29) is 5.38 Å². The lowest BCUT2D eigenvalue weighted by Gasteiger charge is -2.18. The average molecular weight is 245 g/mol. The van der Waals surface area contributed by atoms with Gasteiger partial charge >= 0.3 is 0 Å². The first-order valence-corrected chi connectivity index (χ1v) is 6.13. The van der Waals surface area contributed by atoms with Crippen molar-refractivity contribution < 1.29 is 8.78 Å². The second-order valence-corrected chi connectivity index (χ2v) is 5.04. The van der Waals surface area contributed by atoms with E-state index in [1.165, 1.54) is 0 Å². The maximum atomic E-state index is 13.6. The molecule has 1 aliphatic rings. The molecule has 88 valence electrons. The lowest BCUT2D eigenvalue weighted by Crippen LogP contribution is -2.06. The number of hydrogen-bond donors (Lipinski definition) is 0. The summed E-state index contributed by atoms with van der Waals surface area (Å²) in [6.07, 6.45) is 4.42. The van der Waals surface area contributed by atoms with Gasteiger partial charge in [-0.3, -0.25) is 0 Å². The van der Waals surface area contributed by atoms with Gasteiger partial charge in [-0.1, -0.05) is 12.8 Å². The van der Waals surface area contributed by atoms with Crippen molar-refractivity contribution in [1.29, 1.82) is 0 Å². The molecule has 1 saturated carbocycles. The van der Waals surface area contributed by atoms with E-state index in [0.717, 1.165) is 31.7 Å². The lowest BCUT2D eigenvalue weighted by molar-refractivity contribution is 0.499. The van der Waals surface area contributed by atoms with Crippen LogP contribution in [-0.4, -0.2) is 0 Å². The zero-order valence-corrected chi connectivity index (χ0v) is 10.0. The van der Waals surface area contributed by atoms with Crippen LogP contribution in [0, 0.1) is 24.5 Å². The standard InChI is InChI=1S/C13H15ClF2/c1-8-6-10(12(16)7-11(8)15)13(14)9-4-2-3-5-9/h6-7,9,13H,2-5H2,1H3. The molecule has 0 saturated heterocycles. The smallest absolute Gasteiger partial charge is 0.130 e. The first-order valence-electron chi connectivity index (χ1n) is 5.69. The monoisotopic (exact) mass is 244 g/mol. The van der Waals surface area contributed by atoms with Gasteiger partial charge in [0, 0.05) is 11.6 Å². The molecule has 0 heterocycles. The molecule has 0 aliphatic heterocycles. The van der Waals surface area contributed by atoms with E-state index in [0.29, 0.717) is 17.0 Å². The van der Waals surface area contributed by atoms with Crippen LogP contribution in [0.4, 0.5) is 8.78 Å². The Balaban J connectivity index is 2.28. The zero-order chi connectivity index (χ0) is 11.7. The zero-order valence-electron chi connectivity index (χ0n) is 9.27. The maximum absolute atomic E-state index is 13.6. The van der Waals surface area contributed by atoms with E-state index in [2.05, 4.69) is 0 Å². The van der Waals surface area contributed by atoms with Crippen LogP contribution in [0.1, 0.15) is 42.2 Å². The van der Waals surface area contributed by atoms with Gasteiger partial charge in [0.1, 0.15) is 11.6 Å². The van der Waals surface area contributed by atoms with Crippen molar-refractivity contribution in [2.75, 3.05) is 0 Å². The second kappa shape index (κ2) is 4.70. The van der Waals surface area contributed by atoms with Crippen LogP contribution in [0.15, 0.2) is 12.1 Å². The third-order valence-electron chi connectivity index (χ3n) is 3.39. The maximum Gasteiger partial charge on any atom is 0.130 e. The molecule has 1 fully saturated rings. The molecule has 0 spiro atoms. The van der Waals surface area contributed by atoms with E-state index < -0.39 is 11.6 Å². The Bertz CT molecular complexity index is 384. The van der Waals surface area contributed by atoms with Crippen LogP contribution >= 0.6 is 11.6 Å². The Hall–Kier alpha value is -0.630. The molecule has 1 atom stereocenters. The minimum Gasteiger partial charge on any atom is -0.207 e. The Morgan fingerprint density at radius 1 is 1.19 bits per heavy atom. The highest BCUT2D eigenvalue weighted by atomic mass is 35.5. The number of aryl methyl sites for hydroxylation is 1. The number of rotatable bonds is 2. The Morgan fingerprint density at radius 2 is 1.81 bits per heavy atom. The summed E-state index contributed by atoms with van der Waals surface area (Å²) in [5.74, 6) is -0.687. The predicted molar refractivity (Wildman–Crippen MR) is 61.6 cm³/mol. The molecule has 0 nitrogen and oxygen atoms in total. The van der Waals surface area contributed by atoms with Gasteiger partial charge in [-0.05, 0) is 37.3 Å². The molecule has 0 bridgehead atoms. The first kappa shape index (κ1) is 11.8. The van der Waals surface area contributed by atoms with Gasteiger partial charge in [0.05, 0.1) is 5.38 Å². The van der Waals surface area contributed by atoms with E-state index >= 15 is 0 Å². The Kier molecular flexibility index (Phi) is 3.48. The van der Waals surface area contributed by atoms with Crippen LogP contribution in [0.3, 0.4) is 0 Å². The topological polar surface area (TPSA) is 0 Å². The number of alkyl halides is 1. The van der Waals surface area contributed by atoms with Gasteiger partial charge in [-0.25, -0.2) is 8.78 Å². The number of hydrogen-bond acceptors (Lipinski definition) is 0. The molecular formula is C13H15ClF2. The molecule has 1 unspecified atom stereocenters. The SMILES string of the molecule is Cc1cc(C(Cl)C2CCCC2)c(F)cc1F. The van der Waals surface area contributed by atoms with Crippen LogP contribution in [0.25, 0.3) is 0 Å². The summed E-state index contributed by atoms with van der Waals surface area (Å²) in [4.78, 5) is 0. The largest absolute Gasteiger partial charge is 0.207 e. The molecule has 0 amide bonds. The van der Waals surface area contributed by atoms with Crippen LogP contribution in [0.2, 0.25) is 0 Å². The Labute approximate surface area is 99.6 Å². The fourth-order valence-corrected chi connectivity index (χ4v) is 2.81. The summed E-state index contributed by atoms with van der Waals surface area (Å²) >= 11 is 6.28. The number of benzene rings is 1. The summed E-state index contributed by atoms with van der Waals surface area (Å²) in [5, 5.41) is -0.318. The van der Waals surface area contributed by atoms with Crippen LogP contribution in [0.5, 0.6) is 0 Å². The van der Waals surface area contributed by atoms with Gasteiger partial charge < -0.3 is 0 Å². The van der Waals surface area contributed by atoms with E-state index in [1.807, 2.05) is 0 Å². The average Bonchev–Trinajstić information content (AvgIpc) is 2.75. The molecule has 16 heavy (non-hydrogen) atoms. The van der Waals surface area contributed by atoms with Crippen molar-refractivity contribution in [3.8, 4) is 0 Å². The van der Waals surface area contributed by atoms with Gasteiger partial charge in [-0.15, -0.1) is 11.6 Å². The summed E-state index contributed by atoms with van der Waals surface area (Å²) in [6.45, 7) is 1.64.